The summed E-state index contributed by atoms with van der Waals surface area (Å²) in [5, 5.41) is 8.69. The van der Waals surface area contributed by atoms with Crippen molar-refractivity contribution in [3.8, 4) is 5.75 Å². The monoisotopic (exact) mass is 383 g/mol. The van der Waals surface area contributed by atoms with Crippen LogP contribution in [-0.2, 0) is 0 Å². The number of nitrogens with zero attached hydrogens (tertiary/aromatic N) is 1. The van der Waals surface area contributed by atoms with E-state index < -0.39 is 39.5 Å². The van der Waals surface area contributed by atoms with Crippen LogP contribution in [0.4, 0.5) is 22.0 Å². The number of rotatable bonds is 3. The molecule has 4 nitrogen and oxygen atoms in total. The molecule has 0 atom stereocenters. The summed E-state index contributed by atoms with van der Waals surface area (Å²) >= 11 is 1.24. The van der Waals surface area contributed by atoms with E-state index in [1.807, 2.05) is 0 Å². The molecule has 0 radical (unpaired) electrons. The molecule has 0 aromatic carbocycles. The summed E-state index contributed by atoms with van der Waals surface area (Å²) in [5.74, 6) is -2.98. The fourth-order valence-corrected chi connectivity index (χ4v) is 1.80. The zero-order valence-electron chi connectivity index (χ0n) is 8.13. The van der Waals surface area contributed by atoms with E-state index in [2.05, 4.69) is 9.72 Å². The summed E-state index contributed by atoms with van der Waals surface area (Å²) in [4.78, 5) is 13.9. The number of aromatic carboxylic acids is 1. The third kappa shape index (κ3) is 3.65. The molecule has 0 fully saturated rings. The molecule has 0 spiro atoms. The Bertz CT molecular complexity index is 477. The Kier molecular flexibility index (Phi) is 4.29. The number of carboxylic acids is 1. The molecular weight excluding hydrogens is 380 g/mol. The van der Waals surface area contributed by atoms with Crippen molar-refractivity contribution in [2.45, 2.75) is 12.8 Å². The number of ether oxygens (including phenoxy) is 1. The van der Waals surface area contributed by atoms with Gasteiger partial charge in [-0.1, -0.05) is 0 Å². The molecule has 10 heteroatoms. The Morgan fingerprint density at radius 2 is 2.00 bits per heavy atom. The second-order valence-corrected chi connectivity index (χ2v) is 3.89. The van der Waals surface area contributed by atoms with Gasteiger partial charge in [-0.3, -0.25) is 0 Å². The molecule has 0 aliphatic carbocycles. The van der Waals surface area contributed by atoms with Crippen molar-refractivity contribution in [2.24, 2.45) is 0 Å². The maximum atomic E-state index is 12.3. The summed E-state index contributed by atoms with van der Waals surface area (Å²) in [6, 6.07) is 0.254. The van der Waals surface area contributed by atoms with Crippen molar-refractivity contribution in [1.82, 2.24) is 4.98 Å². The normalized spacial score (nSPS) is 11.7. The maximum Gasteiger partial charge on any atom is 0.573 e. The van der Waals surface area contributed by atoms with Crippen molar-refractivity contribution in [3.63, 3.8) is 0 Å². The van der Waals surface area contributed by atoms with Crippen molar-refractivity contribution in [3.05, 3.63) is 21.0 Å². The lowest BCUT2D eigenvalue weighted by atomic mass is 10.2. The fraction of sp³-hybridized carbons (Fsp3) is 0.250. The molecular formula is C8H3F5INO3. The number of pyridine rings is 1. The molecule has 1 heterocycles. The van der Waals surface area contributed by atoms with Crippen LogP contribution < -0.4 is 4.74 Å². The second-order valence-electron chi connectivity index (χ2n) is 2.86. The van der Waals surface area contributed by atoms with Gasteiger partial charge in [0.05, 0.1) is 0 Å². The SMILES string of the molecule is O=C(O)c1c(OC(F)(F)F)cc(C(F)F)nc1I. The highest BCUT2D eigenvalue weighted by Crippen LogP contribution is 2.32. The van der Waals surface area contributed by atoms with Gasteiger partial charge in [0, 0.05) is 6.07 Å². The lowest BCUT2D eigenvalue weighted by Gasteiger charge is -2.13. The van der Waals surface area contributed by atoms with E-state index in [1.165, 1.54) is 22.6 Å². The van der Waals surface area contributed by atoms with E-state index in [4.69, 9.17) is 5.11 Å². The first-order valence-electron chi connectivity index (χ1n) is 4.09. The molecule has 0 amide bonds. The van der Waals surface area contributed by atoms with Crippen molar-refractivity contribution in [2.75, 3.05) is 0 Å². The van der Waals surface area contributed by atoms with Gasteiger partial charge in [-0.2, -0.15) is 0 Å². The summed E-state index contributed by atoms with van der Waals surface area (Å²) in [6.45, 7) is 0. The Morgan fingerprint density at radius 1 is 1.44 bits per heavy atom. The minimum atomic E-state index is -5.19. The summed E-state index contributed by atoms with van der Waals surface area (Å²) in [6.07, 6.45) is -8.33. The van der Waals surface area contributed by atoms with Gasteiger partial charge in [0.2, 0.25) is 0 Å². The number of alkyl halides is 5. The molecule has 1 aromatic heterocycles. The van der Waals surface area contributed by atoms with Gasteiger partial charge >= 0.3 is 12.3 Å². The highest BCUT2D eigenvalue weighted by Gasteiger charge is 2.34. The quantitative estimate of drug-likeness (QED) is 0.495. The number of halogens is 6. The van der Waals surface area contributed by atoms with Crippen molar-refractivity contribution < 1.29 is 36.6 Å². The van der Waals surface area contributed by atoms with Gasteiger partial charge in [-0.15, -0.1) is 13.2 Å². The van der Waals surface area contributed by atoms with E-state index in [1.54, 1.807) is 0 Å². The first-order valence-corrected chi connectivity index (χ1v) is 5.17. The Morgan fingerprint density at radius 3 is 2.39 bits per heavy atom. The van der Waals surface area contributed by atoms with E-state index in [0.29, 0.717) is 0 Å². The Hall–Kier alpha value is -1.20. The highest BCUT2D eigenvalue weighted by atomic mass is 127. The smallest absolute Gasteiger partial charge is 0.477 e. The lowest BCUT2D eigenvalue weighted by Crippen LogP contribution is -2.20. The predicted molar refractivity (Wildman–Crippen MR) is 55.6 cm³/mol. The van der Waals surface area contributed by atoms with Crippen LogP contribution >= 0.6 is 22.6 Å². The maximum absolute atomic E-state index is 12.3. The molecule has 0 saturated carbocycles. The summed E-state index contributed by atoms with van der Waals surface area (Å²) in [7, 11) is 0. The highest BCUT2D eigenvalue weighted by molar-refractivity contribution is 14.1. The Labute approximate surface area is 110 Å². The molecule has 0 bridgehead atoms. The van der Waals surface area contributed by atoms with Gasteiger partial charge in [0.15, 0.2) is 0 Å². The van der Waals surface area contributed by atoms with Crippen LogP contribution in [0.2, 0.25) is 0 Å². The summed E-state index contributed by atoms with van der Waals surface area (Å²) < 4.78 is 63.6. The average Bonchev–Trinajstić information content (AvgIpc) is 2.12. The van der Waals surface area contributed by atoms with Gasteiger partial charge < -0.3 is 9.84 Å². The van der Waals surface area contributed by atoms with Gasteiger partial charge in [0.25, 0.3) is 6.43 Å². The van der Waals surface area contributed by atoms with E-state index in [-0.39, 0.29) is 6.07 Å². The van der Waals surface area contributed by atoms with Crippen molar-refractivity contribution in [1.29, 1.82) is 0 Å². The van der Waals surface area contributed by atoms with E-state index in [0.717, 1.165) is 0 Å². The number of carboxylic acid groups (broad SMARTS) is 1. The standard InChI is InChI=1S/C8H3F5INO3/c9-5(10)2-1-3(18-8(11,12)13)4(7(16)17)6(14)15-2/h1,5H,(H,16,17). The number of hydrogen-bond donors (Lipinski definition) is 1. The fourth-order valence-electron chi connectivity index (χ4n) is 1.02. The van der Waals surface area contributed by atoms with Gasteiger partial charge in [-0.25, -0.2) is 18.6 Å². The number of carbonyl (C=O) groups is 1. The lowest BCUT2D eigenvalue weighted by molar-refractivity contribution is -0.274. The van der Waals surface area contributed by atoms with E-state index >= 15 is 0 Å². The second kappa shape index (κ2) is 5.20. The molecule has 100 valence electrons. The molecule has 0 aliphatic rings. The van der Waals surface area contributed by atoms with Gasteiger partial charge in [-0.05, 0) is 22.6 Å². The Balaban J connectivity index is 3.38. The van der Waals surface area contributed by atoms with Crippen LogP contribution in [0, 0.1) is 3.70 Å². The van der Waals surface area contributed by atoms with Crippen molar-refractivity contribution >= 4 is 28.6 Å². The molecule has 0 saturated heterocycles. The van der Waals surface area contributed by atoms with E-state index in [9.17, 15) is 26.7 Å². The molecule has 18 heavy (non-hydrogen) atoms. The van der Waals surface area contributed by atoms with Crippen LogP contribution in [-0.4, -0.2) is 22.4 Å². The molecule has 0 aliphatic heterocycles. The largest absolute Gasteiger partial charge is 0.573 e. The van der Waals surface area contributed by atoms with Crippen LogP contribution in [0.3, 0.4) is 0 Å². The third-order valence-electron chi connectivity index (χ3n) is 1.62. The molecule has 1 N–H and O–H groups in total. The summed E-state index contributed by atoms with van der Waals surface area (Å²) in [5.41, 5.74) is -1.92. The van der Waals surface area contributed by atoms with Crippen LogP contribution in [0.25, 0.3) is 0 Å². The number of hydrogen-bond acceptors (Lipinski definition) is 3. The predicted octanol–water partition coefficient (Wildman–Crippen LogP) is 3.22. The molecule has 1 rings (SSSR count). The zero-order chi connectivity index (χ0) is 14.1. The van der Waals surface area contributed by atoms with Crippen LogP contribution in [0.1, 0.15) is 22.5 Å². The van der Waals surface area contributed by atoms with Crippen LogP contribution in [0.15, 0.2) is 6.07 Å². The minimum absolute atomic E-state index is 0.254. The zero-order valence-corrected chi connectivity index (χ0v) is 10.3. The molecule has 1 aromatic rings. The average molecular weight is 383 g/mol. The minimum Gasteiger partial charge on any atom is -0.477 e. The topological polar surface area (TPSA) is 59.4 Å². The van der Waals surface area contributed by atoms with Gasteiger partial charge in [0.1, 0.15) is 20.7 Å². The molecule has 0 unspecified atom stereocenters. The first-order chi connectivity index (χ1) is 8.11. The number of aromatic nitrogens is 1. The third-order valence-corrected chi connectivity index (χ3v) is 2.40. The van der Waals surface area contributed by atoms with Crippen LogP contribution in [0.5, 0.6) is 5.75 Å². The first kappa shape index (κ1) is 14.9.